The number of benzene rings is 3. The molecule has 1 atom stereocenters. The summed E-state index contributed by atoms with van der Waals surface area (Å²) in [5.41, 5.74) is 1.07. The zero-order valence-electron chi connectivity index (χ0n) is 15.0. The zero-order valence-corrected chi connectivity index (χ0v) is 15.8. The van der Waals surface area contributed by atoms with Gasteiger partial charge < -0.3 is 10.1 Å². The predicted octanol–water partition coefficient (Wildman–Crippen LogP) is 2.99. The molecule has 0 saturated heterocycles. The number of sulfonamides is 1. The second kappa shape index (κ2) is 7.38. The molecular weight excluding hydrogens is 364 g/mol. The number of hydrogen-bond donors (Lipinski definition) is 2. The number of fused-ring (bicyclic) bond motifs is 1. The number of methoxy groups -OCH3 is 1. The molecule has 0 spiro atoms. The molecule has 0 bridgehead atoms. The van der Waals surface area contributed by atoms with Crippen LogP contribution in [0, 0.1) is 0 Å². The molecule has 27 heavy (non-hydrogen) atoms. The van der Waals surface area contributed by atoms with Crippen LogP contribution < -0.4 is 15.2 Å². The Morgan fingerprint density at radius 2 is 1.78 bits per heavy atom. The van der Waals surface area contributed by atoms with Crippen LogP contribution in [-0.4, -0.2) is 21.4 Å². The lowest BCUT2D eigenvalue weighted by Crippen LogP contribution is -2.27. The number of primary sulfonamides is 1. The second-order valence-corrected chi connectivity index (χ2v) is 7.73. The van der Waals surface area contributed by atoms with Gasteiger partial charge in [-0.25, -0.2) is 13.6 Å². The summed E-state index contributed by atoms with van der Waals surface area (Å²) in [6, 6.07) is 17.4. The maximum Gasteiger partial charge on any atom is 0.255 e. The number of hydrogen-bond acceptors (Lipinski definition) is 4. The molecule has 140 valence electrons. The molecule has 3 aromatic carbocycles. The summed E-state index contributed by atoms with van der Waals surface area (Å²) in [5.74, 6) is -0.178. The molecule has 0 aliphatic carbocycles. The third-order valence-corrected chi connectivity index (χ3v) is 5.29. The number of nitrogens with one attached hydrogen (secondary N) is 1. The molecule has 0 aliphatic rings. The molecular formula is C20H20N2O4S. The summed E-state index contributed by atoms with van der Waals surface area (Å²) in [5, 5.41) is 10.2. The lowest BCUT2D eigenvalue weighted by atomic mass is 9.99. The van der Waals surface area contributed by atoms with Crippen LogP contribution in [0.1, 0.15) is 28.9 Å². The molecule has 7 heteroatoms. The highest BCUT2D eigenvalue weighted by Gasteiger charge is 2.20. The van der Waals surface area contributed by atoms with Gasteiger partial charge in [0, 0.05) is 0 Å². The zero-order chi connectivity index (χ0) is 19.6. The topological polar surface area (TPSA) is 98.5 Å². The molecule has 0 heterocycles. The van der Waals surface area contributed by atoms with E-state index in [2.05, 4.69) is 5.32 Å². The van der Waals surface area contributed by atoms with Gasteiger partial charge >= 0.3 is 0 Å². The smallest absolute Gasteiger partial charge is 0.255 e. The molecule has 0 fully saturated rings. The van der Waals surface area contributed by atoms with Crippen LogP contribution in [0.25, 0.3) is 10.8 Å². The number of rotatable bonds is 5. The van der Waals surface area contributed by atoms with Crippen molar-refractivity contribution >= 4 is 26.7 Å². The van der Waals surface area contributed by atoms with Gasteiger partial charge in [-0.15, -0.1) is 0 Å². The van der Waals surface area contributed by atoms with Gasteiger partial charge in [0.1, 0.15) is 5.75 Å². The SMILES string of the molecule is COc1ccc(S(N)(=O)=O)cc1C(=O)NC(C)c1cccc2ccccc12. The van der Waals surface area contributed by atoms with Crippen LogP contribution in [0.15, 0.2) is 65.6 Å². The van der Waals surface area contributed by atoms with E-state index in [0.717, 1.165) is 16.3 Å². The normalized spacial score (nSPS) is 12.6. The molecule has 0 saturated carbocycles. The van der Waals surface area contributed by atoms with Crippen LogP contribution in [-0.2, 0) is 10.0 Å². The summed E-state index contributed by atoms with van der Waals surface area (Å²) >= 11 is 0. The van der Waals surface area contributed by atoms with Crippen molar-refractivity contribution in [3.63, 3.8) is 0 Å². The highest BCUT2D eigenvalue weighted by Crippen LogP contribution is 2.26. The van der Waals surface area contributed by atoms with Crippen molar-refractivity contribution in [3.05, 3.63) is 71.8 Å². The third-order valence-electron chi connectivity index (χ3n) is 4.38. The molecule has 6 nitrogen and oxygen atoms in total. The molecule has 0 radical (unpaired) electrons. The highest BCUT2D eigenvalue weighted by atomic mass is 32.2. The fourth-order valence-electron chi connectivity index (χ4n) is 3.02. The van der Waals surface area contributed by atoms with E-state index in [1.54, 1.807) is 0 Å². The van der Waals surface area contributed by atoms with E-state index < -0.39 is 15.9 Å². The lowest BCUT2D eigenvalue weighted by Gasteiger charge is -2.18. The van der Waals surface area contributed by atoms with Gasteiger partial charge in [0.25, 0.3) is 5.91 Å². The summed E-state index contributed by atoms with van der Waals surface area (Å²) in [7, 11) is -2.52. The van der Waals surface area contributed by atoms with E-state index in [4.69, 9.17) is 9.88 Å². The maximum absolute atomic E-state index is 12.8. The predicted molar refractivity (Wildman–Crippen MR) is 104 cm³/mol. The molecule has 0 aromatic heterocycles. The first-order valence-electron chi connectivity index (χ1n) is 8.30. The van der Waals surface area contributed by atoms with Crippen LogP contribution in [0.4, 0.5) is 0 Å². The first-order valence-corrected chi connectivity index (χ1v) is 9.85. The van der Waals surface area contributed by atoms with Crippen molar-refractivity contribution in [2.75, 3.05) is 7.11 Å². The first kappa shape index (κ1) is 18.9. The van der Waals surface area contributed by atoms with E-state index in [1.807, 2.05) is 49.4 Å². The standard InChI is InChI=1S/C20H20N2O4S/c1-13(16-9-5-7-14-6-3-4-8-17(14)16)22-20(23)18-12-15(27(21,24)25)10-11-19(18)26-2/h3-13H,1-2H3,(H,22,23)(H2,21,24,25). The Balaban J connectivity index is 1.95. The van der Waals surface area contributed by atoms with E-state index in [1.165, 1.54) is 25.3 Å². The fraction of sp³-hybridized carbons (Fsp3) is 0.150. The van der Waals surface area contributed by atoms with Gasteiger partial charge in [-0.05, 0) is 41.5 Å². The minimum Gasteiger partial charge on any atom is -0.496 e. The van der Waals surface area contributed by atoms with Crippen LogP contribution in [0.3, 0.4) is 0 Å². The van der Waals surface area contributed by atoms with E-state index in [0.29, 0.717) is 0 Å². The van der Waals surface area contributed by atoms with E-state index in [-0.39, 0.29) is 22.3 Å². The van der Waals surface area contributed by atoms with Crippen molar-refractivity contribution in [3.8, 4) is 5.75 Å². The Morgan fingerprint density at radius 3 is 2.48 bits per heavy atom. The lowest BCUT2D eigenvalue weighted by molar-refractivity contribution is 0.0937. The fourth-order valence-corrected chi connectivity index (χ4v) is 3.56. The van der Waals surface area contributed by atoms with E-state index >= 15 is 0 Å². The second-order valence-electron chi connectivity index (χ2n) is 6.17. The minimum atomic E-state index is -3.93. The maximum atomic E-state index is 12.8. The average molecular weight is 384 g/mol. The monoisotopic (exact) mass is 384 g/mol. The van der Waals surface area contributed by atoms with Gasteiger partial charge in [0.2, 0.25) is 10.0 Å². The minimum absolute atomic E-state index is 0.108. The van der Waals surface area contributed by atoms with Crippen molar-refractivity contribution in [1.29, 1.82) is 0 Å². The van der Waals surface area contributed by atoms with Crippen molar-refractivity contribution < 1.29 is 17.9 Å². The quantitative estimate of drug-likeness (QED) is 0.706. The molecule has 1 unspecified atom stereocenters. The molecule has 3 aromatic rings. The van der Waals surface area contributed by atoms with Crippen LogP contribution >= 0.6 is 0 Å². The Kier molecular flexibility index (Phi) is 5.16. The number of amides is 1. The van der Waals surface area contributed by atoms with Crippen molar-refractivity contribution in [2.24, 2.45) is 5.14 Å². The number of nitrogens with two attached hydrogens (primary N) is 1. The Labute approximate surface area is 158 Å². The van der Waals surface area contributed by atoms with E-state index in [9.17, 15) is 13.2 Å². The highest BCUT2D eigenvalue weighted by molar-refractivity contribution is 7.89. The number of ether oxygens (including phenoxy) is 1. The third kappa shape index (κ3) is 3.94. The first-order chi connectivity index (χ1) is 12.8. The summed E-state index contributed by atoms with van der Waals surface area (Å²) in [6.07, 6.45) is 0. The van der Waals surface area contributed by atoms with Crippen LogP contribution in [0.5, 0.6) is 5.75 Å². The molecule has 3 N–H and O–H groups in total. The average Bonchev–Trinajstić information content (AvgIpc) is 2.66. The molecule has 3 rings (SSSR count). The van der Waals surface area contributed by atoms with Crippen molar-refractivity contribution in [2.45, 2.75) is 17.9 Å². The molecule has 0 aliphatic heterocycles. The van der Waals surface area contributed by atoms with Gasteiger partial charge in [0.15, 0.2) is 0 Å². The Bertz CT molecular complexity index is 1100. The van der Waals surface area contributed by atoms with Crippen molar-refractivity contribution in [1.82, 2.24) is 5.32 Å². The molecule has 1 amide bonds. The van der Waals surface area contributed by atoms with Gasteiger partial charge in [-0.2, -0.15) is 0 Å². The summed E-state index contributed by atoms with van der Waals surface area (Å²) in [6.45, 7) is 1.87. The summed E-state index contributed by atoms with van der Waals surface area (Å²) in [4.78, 5) is 12.6. The Morgan fingerprint density at radius 1 is 1.07 bits per heavy atom. The van der Waals surface area contributed by atoms with Gasteiger partial charge in [-0.3, -0.25) is 4.79 Å². The number of carbonyl (C=O) groups is 1. The largest absolute Gasteiger partial charge is 0.496 e. The van der Waals surface area contributed by atoms with Gasteiger partial charge in [-0.1, -0.05) is 42.5 Å². The summed E-state index contributed by atoms with van der Waals surface area (Å²) < 4.78 is 28.4. The van der Waals surface area contributed by atoms with Crippen LogP contribution in [0.2, 0.25) is 0 Å². The number of carbonyl (C=O) groups excluding carboxylic acids is 1. The Hall–Kier alpha value is -2.90. The van der Waals surface area contributed by atoms with Gasteiger partial charge in [0.05, 0.1) is 23.6 Å².